The maximum absolute atomic E-state index is 13.4. The van der Waals surface area contributed by atoms with Crippen molar-refractivity contribution < 1.29 is 14.4 Å². The van der Waals surface area contributed by atoms with E-state index in [0.717, 1.165) is 31.5 Å². The summed E-state index contributed by atoms with van der Waals surface area (Å²) in [5.74, 6) is -1.43. The highest BCUT2D eigenvalue weighted by atomic mass is 79.9. The highest BCUT2D eigenvalue weighted by molar-refractivity contribution is 9.10. The molecule has 3 aromatic carbocycles. The molecule has 1 N–H and O–H groups in total. The molecule has 1 aliphatic heterocycles. The Hall–Kier alpha value is -3.39. The van der Waals surface area contributed by atoms with Gasteiger partial charge in [0.15, 0.2) is 0 Å². The van der Waals surface area contributed by atoms with Crippen molar-refractivity contribution in [3.05, 3.63) is 104 Å². The molecule has 0 bridgehead atoms. The molecule has 4 amide bonds. The third kappa shape index (κ3) is 4.34. The molecule has 1 aliphatic rings. The smallest absolute Gasteiger partial charge is 0.335 e. The molecule has 1 aromatic heterocycles. The highest BCUT2D eigenvalue weighted by Crippen LogP contribution is 2.32. The number of anilines is 1. The minimum absolute atomic E-state index is 0.131. The van der Waals surface area contributed by atoms with Gasteiger partial charge in [0.05, 0.1) is 5.69 Å². The van der Waals surface area contributed by atoms with E-state index in [1.165, 1.54) is 0 Å². The molecule has 0 saturated carbocycles. The van der Waals surface area contributed by atoms with Gasteiger partial charge in [0.2, 0.25) is 0 Å². The summed E-state index contributed by atoms with van der Waals surface area (Å²) in [4.78, 5) is 39.7. The molecule has 4 aromatic rings. The first-order valence-corrected chi connectivity index (χ1v) is 12.5. The molecule has 0 aliphatic carbocycles. The van der Waals surface area contributed by atoms with E-state index in [2.05, 4.69) is 25.8 Å². The minimum atomic E-state index is -0.791. The van der Waals surface area contributed by atoms with Crippen molar-refractivity contribution in [3.63, 3.8) is 0 Å². The average molecular weight is 583 g/mol. The van der Waals surface area contributed by atoms with E-state index >= 15 is 0 Å². The summed E-state index contributed by atoms with van der Waals surface area (Å²) in [5, 5.41) is 4.24. The number of para-hydroxylation sites is 1. The van der Waals surface area contributed by atoms with E-state index in [-0.39, 0.29) is 5.57 Å². The summed E-state index contributed by atoms with van der Waals surface area (Å²) >= 11 is 15.8. The Kier molecular flexibility index (Phi) is 6.47. The van der Waals surface area contributed by atoms with Crippen LogP contribution in [0.1, 0.15) is 16.8 Å². The molecule has 0 atom stereocenters. The Morgan fingerprint density at radius 1 is 0.972 bits per heavy atom. The van der Waals surface area contributed by atoms with Crippen LogP contribution in [0.25, 0.3) is 17.0 Å². The number of imide groups is 2. The predicted octanol–water partition coefficient (Wildman–Crippen LogP) is 6.73. The normalized spacial score (nSPS) is 15.2. The van der Waals surface area contributed by atoms with Crippen LogP contribution in [0.3, 0.4) is 0 Å². The Bertz CT molecular complexity index is 1590. The molecule has 1 saturated heterocycles. The summed E-state index contributed by atoms with van der Waals surface area (Å²) in [7, 11) is 0. The Labute approximate surface area is 225 Å². The summed E-state index contributed by atoms with van der Waals surface area (Å²) in [5.41, 5.74) is 3.56. The zero-order valence-corrected chi connectivity index (χ0v) is 22.0. The lowest BCUT2D eigenvalue weighted by Crippen LogP contribution is -2.54. The zero-order chi connectivity index (χ0) is 25.6. The monoisotopic (exact) mass is 581 g/mol. The minimum Gasteiger partial charge on any atom is -0.340 e. The first kappa shape index (κ1) is 24.3. The number of benzene rings is 3. The van der Waals surface area contributed by atoms with Crippen LogP contribution >= 0.6 is 39.1 Å². The van der Waals surface area contributed by atoms with E-state index in [1.54, 1.807) is 42.5 Å². The number of carbonyl (C=O) groups is 3. The second kappa shape index (κ2) is 9.58. The van der Waals surface area contributed by atoms with Crippen LogP contribution in [-0.2, 0) is 16.1 Å². The molecule has 0 spiro atoms. The third-order valence-corrected chi connectivity index (χ3v) is 7.21. The zero-order valence-electron chi connectivity index (χ0n) is 18.9. The molecule has 180 valence electrons. The third-order valence-electron chi connectivity index (χ3n) is 6.10. The average Bonchev–Trinajstić information content (AvgIpc) is 3.10. The van der Waals surface area contributed by atoms with Crippen molar-refractivity contribution in [2.75, 3.05) is 4.90 Å². The van der Waals surface area contributed by atoms with Crippen LogP contribution in [0.5, 0.6) is 0 Å². The number of carbonyl (C=O) groups excluding carboxylic acids is 3. The van der Waals surface area contributed by atoms with Crippen molar-refractivity contribution in [1.29, 1.82) is 0 Å². The molecule has 1 fully saturated rings. The standard InChI is InChI=1S/C27H18BrCl2N3O3/c1-15-21(13-22-25(34)31-27(36)33(26(22)35)19-10-7-17(28)8-11-19)20-4-2-3-5-24(20)32(15)14-16-6-9-18(29)12-23(16)30/h2-13H,14H2,1H3,(H,31,34,36)/b22-13+. The first-order valence-electron chi connectivity index (χ1n) is 10.9. The fourth-order valence-corrected chi connectivity index (χ4v) is 5.02. The van der Waals surface area contributed by atoms with Crippen LogP contribution in [0.15, 0.2) is 76.8 Å². The number of aromatic nitrogens is 1. The number of halogens is 3. The van der Waals surface area contributed by atoms with Gasteiger partial charge in [-0.25, -0.2) is 9.69 Å². The summed E-state index contributed by atoms with van der Waals surface area (Å²) in [6.07, 6.45) is 1.55. The summed E-state index contributed by atoms with van der Waals surface area (Å²) in [6, 6.07) is 19.0. The Morgan fingerprint density at radius 2 is 1.69 bits per heavy atom. The van der Waals surface area contributed by atoms with Crippen LogP contribution in [0, 0.1) is 6.92 Å². The van der Waals surface area contributed by atoms with E-state index in [0.29, 0.717) is 27.8 Å². The van der Waals surface area contributed by atoms with Gasteiger partial charge in [-0.1, -0.05) is 63.4 Å². The molecule has 0 radical (unpaired) electrons. The molecular weight excluding hydrogens is 565 g/mol. The quantitative estimate of drug-likeness (QED) is 0.214. The topological polar surface area (TPSA) is 71.4 Å². The molecule has 5 rings (SSSR count). The number of barbiturate groups is 1. The number of nitrogens with one attached hydrogen (secondary N) is 1. The van der Waals surface area contributed by atoms with Gasteiger partial charge in [0, 0.05) is 43.2 Å². The lowest BCUT2D eigenvalue weighted by atomic mass is 10.0. The molecule has 2 heterocycles. The van der Waals surface area contributed by atoms with Crippen molar-refractivity contribution in [2.24, 2.45) is 0 Å². The number of hydrogen-bond acceptors (Lipinski definition) is 3. The van der Waals surface area contributed by atoms with Crippen molar-refractivity contribution in [2.45, 2.75) is 13.5 Å². The van der Waals surface area contributed by atoms with E-state index in [4.69, 9.17) is 23.2 Å². The van der Waals surface area contributed by atoms with Gasteiger partial charge in [-0.05, 0) is 61.0 Å². The van der Waals surface area contributed by atoms with E-state index in [1.807, 2.05) is 37.3 Å². The number of rotatable bonds is 4. The number of nitrogens with zero attached hydrogens (tertiary/aromatic N) is 2. The van der Waals surface area contributed by atoms with Crippen LogP contribution in [0.4, 0.5) is 10.5 Å². The number of urea groups is 1. The molecular formula is C27H18BrCl2N3O3. The first-order chi connectivity index (χ1) is 17.2. The molecule has 9 heteroatoms. The van der Waals surface area contributed by atoms with E-state index in [9.17, 15) is 14.4 Å². The van der Waals surface area contributed by atoms with Gasteiger partial charge in [0.25, 0.3) is 11.8 Å². The Balaban J connectivity index is 1.61. The number of fused-ring (bicyclic) bond motifs is 1. The van der Waals surface area contributed by atoms with Crippen molar-refractivity contribution >= 4 is 79.6 Å². The van der Waals surface area contributed by atoms with Crippen LogP contribution in [0.2, 0.25) is 10.0 Å². The van der Waals surface area contributed by atoms with Gasteiger partial charge in [0.1, 0.15) is 5.57 Å². The fourth-order valence-electron chi connectivity index (χ4n) is 4.29. The van der Waals surface area contributed by atoms with Crippen LogP contribution in [-0.4, -0.2) is 22.4 Å². The SMILES string of the molecule is Cc1c(/C=C2\C(=O)NC(=O)N(c3ccc(Br)cc3)C2=O)c2ccccc2n1Cc1ccc(Cl)cc1Cl. The summed E-state index contributed by atoms with van der Waals surface area (Å²) < 4.78 is 2.87. The number of hydrogen-bond donors (Lipinski definition) is 1. The predicted molar refractivity (Wildman–Crippen MR) is 145 cm³/mol. The lowest BCUT2D eigenvalue weighted by Gasteiger charge is -2.26. The molecule has 6 nitrogen and oxygen atoms in total. The van der Waals surface area contributed by atoms with Gasteiger partial charge in [-0.15, -0.1) is 0 Å². The largest absolute Gasteiger partial charge is 0.340 e. The summed E-state index contributed by atoms with van der Waals surface area (Å²) in [6.45, 7) is 2.38. The second-order valence-electron chi connectivity index (χ2n) is 8.27. The molecule has 0 unspecified atom stereocenters. The van der Waals surface area contributed by atoms with Gasteiger partial charge >= 0.3 is 6.03 Å². The van der Waals surface area contributed by atoms with E-state index < -0.39 is 17.8 Å². The van der Waals surface area contributed by atoms with Gasteiger partial charge in [-0.3, -0.25) is 14.9 Å². The van der Waals surface area contributed by atoms with Gasteiger partial charge in [-0.2, -0.15) is 0 Å². The Morgan fingerprint density at radius 3 is 2.42 bits per heavy atom. The maximum Gasteiger partial charge on any atom is 0.335 e. The molecule has 36 heavy (non-hydrogen) atoms. The maximum atomic E-state index is 13.4. The fraction of sp³-hybridized carbons (Fsp3) is 0.0741. The van der Waals surface area contributed by atoms with Gasteiger partial charge < -0.3 is 4.57 Å². The second-order valence-corrected chi connectivity index (χ2v) is 10.0. The van der Waals surface area contributed by atoms with Crippen LogP contribution < -0.4 is 10.2 Å². The van der Waals surface area contributed by atoms with Crippen molar-refractivity contribution in [1.82, 2.24) is 9.88 Å². The number of amides is 4. The van der Waals surface area contributed by atoms with Crippen molar-refractivity contribution in [3.8, 4) is 0 Å². The lowest BCUT2D eigenvalue weighted by molar-refractivity contribution is -0.122. The highest BCUT2D eigenvalue weighted by Gasteiger charge is 2.37.